The quantitative estimate of drug-likeness (QED) is 0.901. The lowest BCUT2D eigenvalue weighted by Crippen LogP contribution is -2.24. The fraction of sp³-hybridized carbons (Fsp3) is 0.417. The zero-order valence-corrected chi connectivity index (χ0v) is 10.9. The maximum Gasteiger partial charge on any atom is 0.249 e. The first-order valence-electron chi connectivity index (χ1n) is 5.73. The van der Waals surface area contributed by atoms with Gasteiger partial charge in [0.1, 0.15) is 17.4 Å². The summed E-state index contributed by atoms with van der Waals surface area (Å²) in [5, 5.41) is 10.7. The minimum absolute atomic E-state index is 0.146. The van der Waals surface area contributed by atoms with E-state index in [1.54, 1.807) is 31.6 Å². The molecule has 2 aromatic heterocycles. The van der Waals surface area contributed by atoms with Gasteiger partial charge < -0.3 is 9.84 Å². The molecule has 0 bridgehead atoms. The van der Waals surface area contributed by atoms with Crippen molar-refractivity contribution in [3.05, 3.63) is 29.4 Å². The predicted octanol–water partition coefficient (Wildman–Crippen LogP) is 2.00. The summed E-state index contributed by atoms with van der Waals surface area (Å²) >= 11 is 0. The molecule has 0 aromatic carbocycles. The van der Waals surface area contributed by atoms with Crippen LogP contribution in [0.5, 0.6) is 0 Å². The highest BCUT2D eigenvalue weighted by Crippen LogP contribution is 2.20. The largest absolute Gasteiger partial charge is 0.359 e. The van der Waals surface area contributed by atoms with Crippen LogP contribution in [0.25, 0.3) is 0 Å². The van der Waals surface area contributed by atoms with Gasteiger partial charge in [-0.25, -0.2) is 0 Å². The van der Waals surface area contributed by atoms with Crippen LogP contribution in [0.3, 0.4) is 0 Å². The molecule has 0 saturated carbocycles. The number of anilines is 1. The van der Waals surface area contributed by atoms with Gasteiger partial charge in [-0.3, -0.25) is 9.48 Å². The molecule has 0 aliphatic carbocycles. The molecule has 2 rings (SSSR count). The summed E-state index contributed by atoms with van der Waals surface area (Å²) in [5.74, 6) is 0.456. The number of aryl methyl sites for hydroxylation is 3. The van der Waals surface area contributed by atoms with Crippen LogP contribution in [-0.2, 0) is 4.79 Å². The summed E-state index contributed by atoms with van der Waals surface area (Å²) in [4.78, 5) is 12.1. The zero-order chi connectivity index (χ0) is 13.3. The summed E-state index contributed by atoms with van der Waals surface area (Å²) in [6.07, 6.45) is 3.55. The van der Waals surface area contributed by atoms with Crippen molar-refractivity contribution in [3.8, 4) is 0 Å². The standard InChI is InChI=1S/C12H16N4O2/c1-7-5-13-16(6-7)9(3)12(17)14-11-8(2)15-18-10(11)4/h5-6,9H,1-4H3,(H,14,17). The average molecular weight is 248 g/mol. The molecule has 1 unspecified atom stereocenters. The van der Waals surface area contributed by atoms with Gasteiger partial charge >= 0.3 is 0 Å². The Morgan fingerprint density at radius 2 is 2.17 bits per heavy atom. The van der Waals surface area contributed by atoms with Crippen molar-refractivity contribution in [3.63, 3.8) is 0 Å². The Balaban J connectivity index is 2.13. The molecule has 0 saturated heterocycles. The third-order valence-electron chi connectivity index (χ3n) is 2.79. The van der Waals surface area contributed by atoms with Crippen LogP contribution in [0.2, 0.25) is 0 Å². The normalized spacial score (nSPS) is 12.4. The minimum Gasteiger partial charge on any atom is -0.359 e. The van der Waals surface area contributed by atoms with Crippen molar-refractivity contribution in [2.45, 2.75) is 33.7 Å². The van der Waals surface area contributed by atoms with Gasteiger partial charge in [-0.1, -0.05) is 5.16 Å². The average Bonchev–Trinajstić information content (AvgIpc) is 2.89. The van der Waals surface area contributed by atoms with E-state index in [0.717, 1.165) is 5.56 Å². The molecule has 0 radical (unpaired) electrons. The van der Waals surface area contributed by atoms with Gasteiger partial charge in [-0.15, -0.1) is 0 Å². The van der Waals surface area contributed by atoms with Gasteiger partial charge in [0, 0.05) is 6.20 Å². The molecule has 18 heavy (non-hydrogen) atoms. The van der Waals surface area contributed by atoms with Crippen LogP contribution in [-0.4, -0.2) is 20.8 Å². The van der Waals surface area contributed by atoms with Crippen LogP contribution in [0.15, 0.2) is 16.9 Å². The Bertz CT molecular complexity index is 551. The molecule has 1 amide bonds. The fourth-order valence-corrected chi connectivity index (χ4v) is 1.65. The maximum atomic E-state index is 12.1. The van der Waals surface area contributed by atoms with Crippen LogP contribution in [0, 0.1) is 20.8 Å². The smallest absolute Gasteiger partial charge is 0.249 e. The third-order valence-corrected chi connectivity index (χ3v) is 2.79. The van der Waals surface area contributed by atoms with E-state index in [4.69, 9.17) is 4.52 Å². The van der Waals surface area contributed by atoms with Crippen molar-refractivity contribution >= 4 is 11.6 Å². The van der Waals surface area contributed by atoms with Gasteiger partial charge in [-0.05, 0) is 33.3 Å². The number of rotatable bonds is 3. The summed E-state index contributed by atoms with van der Waals surface area (Å²) in [6, 6.07) is -0.382. The Morgan fingerprint density at radius 1 is 1.44 bits per heavy atom. The topological polar surface area (TPSA) is 73.0 Å². The second-order valence-electron chi connectivity index (χ2n) is 4.36. The number of carbonyl (C=O) groups is 1. The van der Waals surface area contributed by atoms with E-state index in [9.17, 15) is 4.79 Å². The number of carbonyl (C=O) groups excluding carboxylic acids is 1. The Hall–Kier alpha value is -2.11. The molecule has 1 N–H and O–H groups in total. The first kappa shape index (κ1) is 12.3. The van der Waals surface area contributed by atoms with Crippen molar-refractivity contribution < 1.29 is 9.32 Å². The molecule has 1 atom stereocenters. The molecule has 0 aliphatic rings. The lowest BCUT2D eigenvalue weighted by molar-refractivity contribution is -0.119. The molecule has 96 valence electrons. The Labute approximate surface area is 105 Å². The van der Waals surface area contributed by atoms with E-state index in [0.29, 0.717) is 17.1 Å². The number of hydrogen-bond acceptors (Lipinski definition) is 4. The number of hydrogen-bond donors (Lipinski definition) is 1. The van der Waals surface area contributed by atoms with Gasteiger partial charge in [0.2, 0.25) is 5.91 Å². The SMILES string of the molecule is Cc1cnn(C(C)C(=O)Nc2c(C)noc2C)c1. The van der Waals surface area contributed by atoms with Crippen LogP contribution in [0.1, 0.15) is 30.0 Å². The van der Waals surface area contributed by atoms with E-state index in [-0.39, 0.29) is 11.9 Å². The van der Waals surface area contributed by atoms with Gasteiger partial charge in [0.25, 0.3) is 0 Å². The molecule has 0 fully saturated rings. The molecule has 0 aliphatic heterocycles. The molecule has 6 heteroatoms. The van der Waals surface area contributed by atoms with E-state index >= 15 is 0 Å². The van der Waals surface area contributed by atoms with E-state index in [1.807, 2.05) is 13.1 Å². The van der Waals surface area contributed by atoms with Crippen molar-refractivity contribution in [2.75, 3.05) is 5.32 Å². The lowest BCUT2D eigenvalue weighted by Gasteiger charge is -2.12. The number of nitrogens with zero attached hydrogens (tertiary/aromatic N) is 3. The highest BCUT2D eigenvalue weighted by Gasteiger charge is 2.19. The monoisotopic (exact) mass is 248 g/mol. The van der Waals surface area contributed by atoms with Crippen LogP contribution >= 0.6 is 0 Å². The molecule has 6 nitrogen and oxygen atoms in total. The van der Waals surface area contributed by atoms with Crippen molar-refractivity contribution in [1.82, 2.24) is 14.9 Å². The van der Waals surface area contributed by atoms with Gasteiger partial charge in [0.15, 0.2) is 5.76 Å². The van der Waals surface area contributed by atoms with E-state index < -0.39 is 0 Å². The predicted molar refractivity (Wildman–Crippen MR) is 66.3 cm³/mol. The lowest BCUT2D eigenvalue weighted by atomic mass is 10.2. The number of aromatic nitrogens is 3. The number of nitrogens with one attached hydrogen (secondary N) is 1. The first-order valence-corrected chi connectivity index (χ1v) is 5.73. The van der Waals surface area contributed by atoms with Gasteiger partial charge in [0.05, 0.1) is 6.20 Å². The fourth-order valence-electron chi connectivity index (χ4n) is 1.65. The second-order valence-corrected chi connectivity index (χ2v) is 4.36. The Morgan fingerprint density at radius 3 is 2.67 bits per heavy atom. The van der Waals surface area contributed by atoms with Crippen molar-refractivity contribution in [2.24, 2.45) is 0 Å². The molecule has 2 heterocycles. The van der Waals surface area contributed by atoms with E-state index in [2.05, 4.69) is 15.6 Å². The highest BCUT2D eigenvalue weighted by molar-refractivity contribution is 5.94. The zero-order valence-electron chi connectivity index (χ0n) is 10.9. The third kappa shape index (κ3) is 2.27. The van der Waals surface area contributed by atoms with E-state index in [1.165, 1.54) is 0 Å². The first-order chi connectivity index (χ1) is 8.49. The molecule has 0 spiro atoms. The molecular formula is C12H16N4O2. The minimum atomic E-state index is -0.382. The van der Waals surface area contributed by atoms with Crippen molar-refractivity contribution in [1.29, 1.82) is 0 Å². The number of amides is 1. The Kier molecular flexibility index (Phi) is 3.18. The summed E-state index contributed by atoms with van der Waals surface area (Å²) in [6.45, 7) is 7.27. The van der Waals surface area contributed by atoms with Crippen LogP contribution in [0.4, 0.5) is 5.69 Å². The maximum absolute atomic E-state index is 12.1. The summed E-state index contributed by atoms with van der Waals surface area (Å²) < 4.78 is 6.63. The van der Waals surface area contributed by atoms with Crippen LogP contribution < -0.4 is 5.32 Å². The summed E-state index contributed by atoms with van der Waals surface area (Å²) in [5.41, 5.74) is 2.33. The van der Waals surface area contributed by atoms with Gasteiger partial charge in [-0.2, -0.15) is 5.10 Å². The second kappa shape index (κ2) is 4.64. The molecule has 2 aromatic rings. The highest BCUT2D eigenvalue weighted by atomic mass is 16.5. The molecular weight excluding hydrogens is 232 g/mol. The summed E-state index contributed by atoms with van der Waals surface area (Å²) in [7, 11) is 0.